The molecule has 0 amide bonds. The molecule has 0 aromatic rings. The molecule has 2 unspecified atom stereocenters. The van der Waals surface area contributed by atoms with Crippen LogP contribution < -0.4 is 0 Å². The van der Waals surface area contributed by atoms with Crippen molar-refractivity contribution in [1.82, 2.24) is 4.90 Å². The fourth-order valence-electron chi connectivity index (χ4n) is 1.54. The zero-order valence-electron chi connectivity index (χ0n) is 8.29. The van der Waals surface area contributed by atoms with Gasteiger partial charge in [0.1, 0.15) is 5.78 Å². The molecule has 3 heteroatoms. The van der Waals surface area contributed by atoms with Gasteiger partial charge in [-0.15, -0.1) is 6.04 Å². The molecule has 2 nitrogen and oxygen atoms in total. The van der Waals surface area contributed by atoms with Gasteiger partial charge in [-0.05, 0) is 20.9 Å². The normalized spacial score (nSPS) is 36.2. The second-order valence-electron chi connectivity index (χ2n) is 3.62. The SMILES string of the molecule is CC(=O)C1(C)C[CH-]C(C)N1C.[Y]. The Kier molecular flexibility index (Phi) is 4.56. The maximum absolute atomic E-state index is 11.3. The maximum Gasteiger partial charge on any atom is 0.147 e. The minimum absolute atomic E-state index is 0. The van der Waals surface area contributed by atoms with Crippen molar-refractivity contribution in [3.8, 4) is 0 Å². The average Bonchev–Trinajstić information content (AvgIpc) is 2.18. The van der Waals surface area contributed by atoms with Crippen LogP contribution in [0.3, 0.4) is 0 Å². The molecular formula is C9H16NOY-. The van der Waals surface area contributed by atoms with Crippen LogP contribution in [0.5, 0.6) is 0 Å². The van der Waals surface area contributed by atoms with Gasteiger partial charge in [-0.25, -0.2) is 0 Å². The van der Waals surface area contributed by atoms with Crippen LogP contribution in [0.4, 0.5) is 0 Å². The molecule has 0 N–H and O–H groups in total. The Hall–Kier alpha value is 0.734. The van der Waals surface area contributed by atoms with Gasteiger partial charge in [0.2, 0.25) is 0 Å². The van der Waals surface area contributed by atoms with Gasteiger partial charge in [0.25, 0.3) is 0 Å². The molecule has 12 heavy (non-hydrogen) atoms. The third kappa shape index (κ3) is 1.97. The van der Waals surface area contributed by atoms with Crippen LogP contribution in [-0.2, 0) is 37.5 Å². The van der Waals surface area contributed by atoms with Crippen molar-refractivity contribution < 1.29 is 37.5 Å². The number of likely N-dealkylation sites (tertiary alicyclic amines) is 1. The number of carbonyl (C=O) groups excluding carboxylic acids is 1. The minimum Gasteiger partial charge on any atom is -0.324 e. The molecular weight excluding hydrogens is 227 g/mol. The Morgan fingerprint density at radius 2 is 2.17 bits per heavy atom. The average molecular weight is 243 g/mol. The number of nitrogens with zero attached hydrogens (tertiary/aromatic N) is 1. The number of Topliss-reactive ketones (excluding diaryl/α,β-unsaturated/α-hetero) is 1. The Labute approximate surface area is 100.0 Å². The molecule has 1 saturated heterocycles. The zero-order valence-corrected chi connectivity index (χ0v) is 11.1. The molecule has 1 radical (unpaired) electrons. The van der Waals surface area contributed by atoms with Crippen molar-refractivity contribution in [2.45, 2.75) is 38.8 Å². The fraction of sp³-hybridized carbons (Fsp3) is 0.778. The van der Waals surface area contributed by atoms with Crippen LogP contribution >= 0.6 is 0 Å². The predicted octanol–water partition coefficient (Wildman–Crippen LogP) is 1.26. The number of hydrogen-bond donors (Lipinski definition) is 0. The summed E-state index contributed by atoms with van der Waals surface area (Å²) in [7, 11) is 2.01. The third-order valence-corrected chi connectivity index (χ3v) is 3.00. The first-order valence-corrected chi connectivity index (χ1v) is 4.06. The van der Waals surface area contributed by atoms with Gasteiger partial charge in [0, 0.05) is 38.2 Å². The van der Waals surface area contributed by atoms with E-state index in [1.165, 1.54) is 0 Å². The van der Waals surface area contributed by atoms with E-state index in [1.807, 2.05) is 14.0 Å². The summed E-state index contributed by atoms with van der Waals surface area (Å²) in [6.07, 6.45) is 3.08. The molecule has 2 atom stereocenters. The van der Waals surface area contributed by atoms with Gasteiger partial charge in [0.05, 0.1) is 0 Å². The Balaban J connectivity index is 0.00000121. The molecule has 0 spiro atoms. The van der Waals surface area contributed by atoms with Gasteiger partial charge < -0.3 is 11.3 Å². The number of carbonyl (C=O) groups is 1. The van der Waals surface area contributed by atoms with Crippen molar-refractivity contribution >= 4 is 5.78 Å². The number of ketones is 1. The Morgan fingerprint density at radius 1 is 1.67 bits per heavy atom. The van der Waals surface area contributed by atoms with E-state index >= 15 is 0 Å². The molecule has 1 aliphatic heterocycles. The van der Waals surface area contributed by atoms with E-state index in [2.05, 4.69) is 18.2 Å². The van der Waals surface area contributed by atoms with E-state index in [0.717, 1.165) is 6.42 Å². The molecule has 0 bridgehead atoms. The first-order chi connectivity index (χ1) is 4.98. The Morgan fingerprint density at radius 3 is 2.33 bits per heavy atom. The number of hydrogen-bond acceptors (Lipinski definition) is 2. The molecule has 1 rings (SSSR count). The van der Waals surface area contributed by atoms with Gasteiger partial charge in [0.15, 0.2) is 0 Å². The van der Waals surface area contributed by atoms with Crippen LogP contribution in [0.2, 0.25) is 0 Å². The molecule has 67 valence electrons. The third-order valence-electron chi connectivity index (χ3n) is 3.00. The quantitative estimate of drug-likeness (QED) is 0.646. The van der Waals surface area contributed by atoms with Crippen LogP contribution in [0.25, 0.3) is 0 Å². The summed E-state index contributed by atoms with van der Waals surface area (Å²) in [5.41, 5.74) is -0.237. The van der Waals surface area contributed by atoms with Gasteiger partial charge >= 0.3 is 0 Å². The van der Waals surface area contributed by atoms with E-state index in [0.29, 0.717) is 6.04 Å². The van der Waals surface area contributed by atoms with Crippen LogP contribution in [0, 0.1) is 6.42 Å². The summed E-state index contributed by atoms with van der Waals surface area (Å²) in [5.74, 6) is 0.264. The largest absolute Gasteiger partial charge is 0.324 e. The number of likely N-dealkylation sites (N-methyl/N-ethyl adjacent to an activating group) is 1. The van der Waals surface area contributed by atoms with Gasteiger partial charge in [-0.2, -0.15) is 6.42 Å². The van der Waals surface area contributed by atoms with E-state index in [1.54, 1.807) is 6.92 Å². The fourth-order valence-corrected chi connectivity index (χ4v) is 1.54. The molecule has 1 aliphatic rings. The van der Waals surface area contributed by atoms with Gasteiger partial charge in [-0.1, -0.05) is 6.92 Å². The van der Waals surface area contributed by atoms with E-state index in [4.69, 9.17) is 0 Å². The van der Waals surface area contributed by atoms with E-state index in [-0.39, 0.29) is 44.0 Å². The summed E-state index contributed by atoms with van der Waals surface area (Å²) >= 11 is 0. The number of rotatable bonds is 1. The molecule has 0 aromatic heterocycles. The summed E-state index contributed by atoms with van der Waals surface area (Å²) in [6.45, 7) is 5.80. The monoisotopic (exact) mass is 243 g/mol. The first-order valence-electron chi connectivity index (χ1n) is 4.06. The summed E-state index contributed by atoms with van der Waals surface area (Å²) in [4.78, 5) is 13.4. The second kappa shape index (κ2) is 4.30. The molecule has 0 aliphatic carbocycles. The minimum atomic E-state index is -0.237. The van der Waals surface area contributed by atoms with Crippen LogP contribution in [0.15, 0.2) is 0 Å². The van der Waals surface area contributed by atoms with E-state index in [9.17, 15) is 4.79 Å². The van der Waals surface area contributed by atoms with Crippen molar-refractivity contribution in [1.29, 1.82) is 0 Å². The van der Waals surface area contributed by atoms with Crippen molar-refractivity contribution in [2.75, 3.05) is 7.05 Å². The topological polar surface area (TPSA) is 20.3 Å². The second-order valence-corrected chi connectivity index (χ2v) is 3.62. The molecule has 0 aromatic carbocycles. The Bertz CT molecular complexity index is 183. The summed E-state index contributed by atoms with van der Waals surface area (Å²) < 4.78 is 0. The summed E-state index contributed by atoms with van der Waals surface area (Å²) in [6, 6.07) is 0.434. The standard InChI is InChI=1S/C9H16NO.Y/c1-7-5-6-9(3,8(2)11)10(7)4;/h5,7H,6H2,1-4H3;/q-1;. The molecule has 1 fully saturated rings. The van der Waals surface area contributed by atoms with Crippen molar-refractivity contribution in [3.05, 3.63) is 6.42 Å². The van der Waals surface area contributed by atoms with Crippen molar-refractivity contribution in [2.24, 2.45) is 0 Å². The van der Waals surface area contributed by atoms with Crippen LogP contribution in [0.1, 0.15) is 27.2 Å². The van der Waals surface area contributed by atoms with Crippen molar-refractivity contribution in [3.63, 3.8) is 0 Å². The maximum atomic E-state index is 11.3. The first kappa shape index (κ1) is 12.7. The van der Waals surface area contributed by atoms with E-state index < -0.39 is 0 Å². The van der Waals surface area contributed by atoms with Crippen LogP contribution in [-0.4, -0.2) is 29.3 Å². The molecule has 0 saturated carbocycles. The smallest absolute Gasteiger partial charge is 0.147 e. The summed E-state index contributed by atoms with van der Waals surface area (Å²) in [5, 5.41) is 0. The molecule has 1 heterocycles. The predicted molar refractivity (Wildman–Crippen MR) is 45.2 cm³/mol. The zero-order chi connectivity index (χ0) is 8.65. The van der Waals surface area contributed by atoms with Gasteiger partial charge in [-0.3, -0.25) is 4.79 Å².